The van der Waals surface area contributed by atoms with Gasteiger partial charge in [0.2, 0.25) is 0 Å². The fraction of sp³-hybridized carbons (Fsp3) is 0.353. The van der Waals surface area contributed by atoms with E-state index in [1.807, 2.05) is 24.1 Å². The molecule has 2 aromatic heterocycles. The van der Waals surface area contributed by atoms with E-state index in [0.29, 0.717) is 24.3 Å². The van der Waals surface area contributed by atoms with Crippen molar-refractivity contribution in [3.05, 3.63) is 54.0 Å². The second kappa shape index (κ2) is 7.18. The van der Waals surface area contributed by atoms with Gasteiger partial charge >= 0.3 is 0 Å². The van der Waals surface area contributed by atoms with Crippen molar-refractivity contribution < 1.29 is 13.2 Å². The molecule has 1 atom stereocenters. The van der Waals surface area contributed by atoms with E-state index in [-0.39, 0.29) is 23.5 Å². The van der Waals surface area contributed by atoms with Crippen molar-refractivity contribution in [3.63, 3.8) is 0 Å². The first-order valence-corrected chi connectivity index (χ1v) is 9.83. The molecule has 3 rings (SSSR count). The minimum atomic E-state index is -2.94. The van der Waals surface area contributed by atoms with Gasteiger partial charge in [-0.15, -0.1) is 0 Å². The average molecular weight is 360 g/mol. The summed E-state index contributed by atoms with van der Waals surface area (Å²) in [6.45, 7) is 0.420. The number of carbonyl (C=O) groups excluding carboxylic acids is 1. The SMILES string of the molecule is CN(c1ccc(C(=O)NCc2ccncc2)cn1)C1CCS(=O)(=O)C1. The monoisotopic (exact) mass is 360 g/mol. The predicted molar refractivity (Wildman–Crippen MR) is 95.1 cm³/mol. The van der Waals surface area contributed by atoms with Crippen LogP contribution >= 0.6 is 0 Å². The summed E-state index contributed by atoms with van der Waals surface area (Å²) >= 11 is 0. The lowest BCUT2D eigenvalue weighted by molar-refractivity contribution is 0.0950. The van der Waals surface area contributed by atoms with Gasteiger partial charge in [0.15, 0.2) is 9.84 Å². The summed E-state index contributed by atoms with van der Waals surface area (Å²) < 4.78 is 23.2. The third kappa shape index (κ3) is 4.33. The highest BCUT2D eigenvalue weighted by molar-refractivity contribution is 7.91. The van der Waals surface area contributed by atoms with E-state index in [2.05, 4.69) is 15.3 Å². The van der Waals surface area contributed by atoms with Gasteiger partial charge in [0.1, 0.15) is 5.82 Å². The third-order valence-electron chi connectivity index (χ3n) is 4.33. The van der Waals surface area contributed by atoms with Crippen molar-refractivity contribution >= 4 is 21.6 Å². The van der Waals surface area contributed by atoms with E-state index in [0.717, 1.165) is 5.56 Å². The van der Waals surface area contributed by atoms with Crippen LogP contribution in [0.5, 0.6) is 0 Å². The highest BCUT2D eigenvalue weighted by Gasteiger charge is 2.31. The predicted octanol–water partition coefficient (Wildman–Crippen LogP) is 1.03. The highest BCUT2D eigenvalue weighted by atomic mass is 32.2. The molecule has 1 aliphatic rings. The first-order chi connectivity index (χ1) is 11.9. The molecule has 0 saturated carbocycles. The number of hydrogen-bond acceptors (Lipinski definition) is 6. The van der Waals surface area contributed by atoms with Gasteiger partial charge in [0.05, 0.1) is 17.1 Å². The number of rotatable bonds is 5. The van der Waals surface area contributed by atoms with Gasteiger partial charge in [-0.2, -0.15) is 0 Å². The number of hydrogen-bond donors (Lipinski definition) is 1. The second-order valence-corrected chi connectivity index (χ2v) is 8.34. The smallest absolute Gasteiger partial charge is 0.253 e. The average Bonchev–Trinajstić information content (AvgIpc) is 3.00. The van der Waals surface area contributed by atoms with Crippen LogP contribution in [0.25, 0.3) is 0 Å². The van der Waals surface area contributed by atoms with Crippen LogP contribution < -0.4 is 10.2 Å². The molecule has 1 N–H and O–H groups in total. The van der Waals surface area contributed by atoms with Crippen molar-refractivity contribution in [2.24, 2.45) is 0 Å². The molecular weight excluding hydrogens is 340 g/mol. The Labute approximate surface area is 147 Å². The first kappa shape index (κ1) is 17.3. The van der Waals surface area contributed by atoms with Gasteiger partial charge in [0, 0.05) is 38.2 Å². The van der Waals surface area contributed by atoms with Crippen LogP contribution in [0.4, 0.5) is 5.82 Å². The van der Waals surface area contributed by atoms with Gasteiger partial charge in [-0.05, 0) is 36.2 Å². The molecule has 0 spiro atoms. The van der Waals surface area contributed by atoms with Gasteiger partial charge < -0.3 is 10.2 Å². The molecule has 25 heavy (non-hydrogen) atoms. The summed E-state index contributed by atoms with van der Waals surface area (Å²) in [4.78, 5) is 22.3. The van der Waals surface area contributed by atoms with Crippen molar-refractivity contribution in [2.45, 2.75) is 19.0 Å². The molecule has 0 aromatic carbocycles. The molecule has 132 valence electrons. The maximum absolute atomic E-state index is 12.2. The molecule has 8 heteroatoms. The first-order valence-electron chi connectivity index (χ1n) is 8.01. The van der Waals surface area contributed by atoms with Crippen LogP contribution in [0.15, 0.2) is 42.9 Å². The highest BCUT2D eigenvalue weighted by Crippen LogP contribution is 2.21. The Morgan fingerprint density at radius 3 is 2.64 bits per heavy atom. The lowest BCUT2D eigenvalue weighted by Crippen LogP contribution is -2.33. The standard InChI is InChI=1S/C17H20N4O3S/c1-21(15-6-9-25(23,24)12-15)16-3-2-14(11-19-16)17(22)20-10-13-4-7-18-8-5-13/h2-5,7-8,11,15H,6,9-10,12H2,1H3,(H,20,22). The quantitative estimate of drug-likeness (QED) is 0.856. The van der Waals surface area contributed by atoms with E-state index in [1.165, 1.54) is 6.20 Å². The Morgan fingerprint density at radius 2 is 2.04 bits per heavy atom. The topological polar surface area (TPSA) is 92.3 Å². The van der Waals surface area contributed by atoms with Crippen LogP contribution in [0.1, 0.15) is 22.3 Å². The van der Waals surface area contributed by atoms with Gasteiger partial charge in [0.25, 0.3) is 5.91 Å². The lowest BCUT2D eigenvalue weighted by Gasteiger charge is -2.24. The van der Waals surface area contributed by atoms with E-state index >= 15 is 0 Å². The Morgan fingerprint density at radius 1 is 1.28 bits per heavy atom. The van der Waals surface area contributed by atoms with Crippen molar-refractivity contribution in [2.75, 3.05) is 23.5 Å². The Hall–Kier alpha value is -2.48. The summed E-state index contributed by atoms with van der Waals surface area (Å²) in [7, 11) is -1.11. The number of anilines is 1. The van der Waals surface area contributed by atoms with Crippen LogP contribution in [-0.4, -0.2) is 48.9 Å². The number of sulfone groups is 1. The van der Waals surface area contributed by atoms with Crippen molar-refractivity contribution in [3.8, 4) is 0 Å². The number of pyridine rings is 2. The molecular formula is C17H20N4O3S. The molecule has 1 aliphatic heterocycles. The van der Waals surface area contributed by atoms with Crippen LogP contribution in [0, 0.1) is 0 Å². The zero-order chi connectivity index (χ0) is 17.9. The summed E-state index contributed by atoms with van der Waals surface area (Å²) in [6, 6.07) is 7.05. The Kier molecular flexibility index (Phi) is 4.98. The number of nitrogens with one attached hydrogen (secondary N) is 1. The summed E-state index contributed by atoms with van der Waals surface area (Å²) in [5.41, 5.74) is 1.43. The number of nitrogens with zero attached hydrogens (tertiary/aromatic N) is 3. The summed E-state index contributed by atoms with van der Waals surface area (Å²) in [6.07, 6.45) is 5.47. The van der Waals surface area contributed by atoms with E-state index in [1.54, 1.807) is 24.5 Å². The number of carbonyl (C=O) groups is 1. The molecule has 3 heterocycles. The zero-order valence-corrected chi connectivity index (χ0v) is 14.7. The molecule has 7 nitrogen and oxygen atoms in total. The fourth-order valence-corrected chi connectivity index (χ4v) is 4.56. The maximum Gasteiger partial charge on any atom is 0.253 e. The number of aromatic nitrogens is 2. The van der Waals surface area contributed by atoms with E-state index < -0.39 is 9.84 Å². The van der Waals surface area contributed by atoms with E-state index in [9.17, 15) is 13.2 Å². The molecule has 0 bridgehead atoms. The fourth-order valence-electron chi connectivity index (χ4n) is 2.78. The molecule has 2 aromatic rings. The summed E-state index contributed by atoms with van der Waals surface area (Å²) in [5.74, 6) is 0.825. The second-order valence-electron chi connectivity index (χ2n) is 6.11. The molecule has 1 saturated heterocycles. The minimum Gasteiger partial charge on any atom is -0.356 e. The minimum absolute atomic E-state index is 0.0659. The number of amides is 1. The Bertz CT molecular complexity index is 838. The van der Waals surface area contributed by atoms with Crippen LogP contribution in [0.3, 0.4) is 0 Å². The van der Waals surface area contributed by atoms with Crippen molar-refractivity contribution in [1.82, 2.24) is 15.3 Å². The van der Waals surface area contributed by atoms with Crippen LogP contribution in [0.2, 0.25) is 0 Å². The van der Waals surface area contributed by atoms with Crippen molar-refractivity contribution in [1.29, 1.82) is 0 Å². The normalized spacial score (nSPS) is 18.7. The van der Waals surface area contributed by atoms with Gasteiger partial charge in [-0.1, -0.05) is 0 Å². The lowest BCUT2D eigenvalue weighted by atomic mass is 10.2. The van der Waals surface area contributed by atoms with Gasteiger partial charge in [-0.25, -0.2) is 13.4 Å². The maximum atomic E-state index is 12.2. The molecule has 1 fully saturated rings. The molecule has 0 radical (unpaired) electrons. The molecule has 0 aliphatic carbocycles. The van der Waals surface area contributed by atoms with E-state index in [4.69, 9.17) is 0 Å². The largest absolute Gasteiger partial charge is 0.356 e. The third-order valence-corrected chi connectivity index (χ3v) is 6.08. The Balaban J connectivity index is 1.60. The molecule has 1 unspecified atom stereocenters. The van der Waals surface area contributed by atoms with Gasteiger partial charge in [-0.3, -0.25) is 9.78 Å². The van der Waals surface area contributed by atoms with Crippen LogP contribution in [-0.2, 0) is 16.4 Å². The summed E-state index contributed by atoms with van der Waals surface area (Å²) in [5, 5.41) is 2.83. The molecule has 1 amide bonds. The zero-order valence-electron chi connectivity index (χ0n) is 13.9.